The van der Waals surface area contributed by atoms with Crippen LogP contribution in [0, 0.1) is 0 Å². The average molecular weight is 517 g/mol. The van der Waals surface area contributed by atoms with Gasteiger partial charge in [0.25, 0.3) is 0 Å². The Kier molecular flexibility index (Phi) is 8.06. The summed E-state index contributed by atoms with van der Waals surface area (Å²) in [6, 6.07) is 16.6. The minimum atomic E-state index is 0. The maximum absolute atomic E-state index is 4.49. The molecule has 158 valence electrons. The Labute approximate surface area is 194 Å². The Bertz CT molecular complexity index is 920. The molecule has 4 rings (SSSR count). The van der Waals surface area contributed by atoms with Gasteiger partial charge in [0.15, 0.2) is 5.96 Å². The zero-order valence-electron chi connectivity index (χ0n) is 17.2. The number of piperazine rings is 1. The van der Waals surface area contributed by atoms with Crippen molar-refractivity contribution in [3.8, 4) is 0 Å². The van der Waals surface area contributed by atoms with E-state index in [9.17, 15) is 0 Å². The van der Waals surface area contributed by atoms with Crippen LogP contribution in [0.2, 0.25) is 0 Å². The highest BCUT2D eigenvalue weighted by Crippen LogP contribution is 2.13. The number of hydrogen-bond acceptors (Lipinski definition) is 4. The second-order valence-electron chi connectivity index (χ2n) is 7.09. The summed E-state index contributed by atoms with van der Waals surface area (Å²) in [5.41, 5.74) is 2.48. The van der Waals surface area contributed by atoms with Crippen molar-refractivity contribution in [1.29, 1.82) is 0 Å². The first-order valence-electron chi connectivity index (χ1n) is 9.98. The van der Waals surface area contributed by atoms with Gasteiger partial charge >= 0.3 is 0 Å². The Hall–Kier alpha value is -2.62. The zero-order valence-corrected chi connectivity index (χ0v) is 19.5. The van der Waals surface area contributed by atoms with Crippen molar-refractivity contribution in [2.45, 2.75) is 13.1 Å². The predicted molar refractivity (Wildman–Crippen MR) is 131 cm³/mol. The van der Waals surface area contributed by atoms with Crippen LogP contribution in [0.15, 0.2) is 72.1 Å². The summed E-state index contributed by atoms with van der Waals surface area (Å²) in [5, 5.41) is 7.80. The van der Waals surface area contributed by atoms with E-state index in [1.807, 2.05) is 48.5 Å². The summed E-state index contributed by atoms with van der Waals surface area (Å²) in [6.07, 6.45) is 5.64. The van der Waals surface area contributed by atoms with Crippen LogP contribution in [0.5, 0.6) is 0 Å². The van der Waals surface area contributed by atoms with Crippen molar-refractivity contribution in [2.75, 3.05) is 38.1 Å². The topological polar surface area (TPSA) is 61.6 Å². The van der Waals surface area contributed by atoms with Crippen LogP contribution in [0.1, 0.15) is 11.1 Å². The Balaban J connectivity index is 0.00000256. The molecule has 0 amide bonds. The molecule has 0 spiro atoms. The molecule has 30 heavy (non-hydrogen) atoms. The van der Waals surface area contributed by atoms with E-state index in [1.165, 1.54) is 11.1 Å². The van der Waals surface area contributed by atoms with Crippen LogP contribution in [0.25, 0.3) is 0 Å². The number of hydrogen-bond donors (Lipinski definition) is 1. The summed E-state index contributed by atoms with van der Waals surface area (Å²) in [4.78, 5) is 13.6. The quantitative estimate of drug-likeness (QED) is 0.321. The largest absolute Gasteiger partial charge is 0.353 e. The number of anilines is 1. The smallest absolute Gasteiger partial charge is 0.194 e. The van der Waals surface area contributed by atoms with Crippen molar-refractivity contribution in [2.24, 2.45) is 4.99 Å². The summed E-state index contributed by atoms with van der Waals surface area (Å²) in [6.45, 7) is 5.27. The number of guanidine groups is 1. The number of halogens is 1. The zero-order chi connectivity index (χ0) is 19.9. The second-order valence-corrected chi connectivity index (χ2v) is 7.09. The normalized spacial score (nSPS) is 14.4. The third-order valence-corrected chi connectivity index (χ3v) is 5.11. The van der Waals surface area contributed by atoms with Gasteiger partial charge in [-0.1, -0.05) is 30.3 Å². The second kappa shape index (κ2) is 11.0. The fraction of sp³-hybridized carbons (Fsp3) is 0.318. The van der Waals surface area contributed by atoms with Crippen LogP contribution in [0.4, 0.5) is 5.82 Å². The van der Waals surface area contributed by atoms with Gasteiger partial charge in [0.05, 0.1) is 6.54 Å². The molecule has 2 aromatic heterocycles. The third-order valence-electron chi connectivity index (χ3n) is 5.11. The monoisotopic (exact) mass is 517 g/mol. The van der Waals surface area contributed by atoms with Crippen molar-refractivity contribution < 1.29 is 0 Å². The lowest BCUT2D eigenvalue weighted by Crippen LogP contribution is -2.52. The molecule has 0 saturated carbocycles. The van der Waals surface area contributed by atoms with Crippen molar-refractivity contribution in [1.82, 2.24) is 25.0 Å². The molecule has 0 bridgehead atoms. The van der Waals surface area contributed by atoms with Gasteiger partial charge in [-0.2, -0.15) is 5.10 Å². The van der Waals surface area contributed by atoms with E-state index in [-0.39, 0.29) is 24.0 Å². The Morgan fingerprint density at radius 1 is 1.00 bits per heavy atom. The molecule has 1 aliphatic rings. The minimum absolute atomic E-state index is 0. The molecular formula is C22H28IN7. The highest BCUT2D eigenvalue weighted by molar-refractivity contribution is 14.0. The number of nitrogens with zero attached hydrogens (tertiary/aromatic N) is 6. The lowest BCUT2D eigenvalue weighted by atomic mass is 10.1. The number of rotatable bonds is 5. The van der Waals surface area contributed by atoms with Gasteiger partial charge in [-0.25, -0.2) is 4.98 Å². The highest BCUT2D eigenvalue weighted by Gasteiger charge is 2.20. The molecular weight excluding hydrogens is 489 g/mol. The van der Waals surface area contributed by atoms with Crippen LogP contribution in [0.3, 0.4) is 0 Å². The maximum Gasteiger partial charge on any atom is 0.194 e. The van der Waals surface area contributed by atoms with E-state index < -0.39 is 0 Å². The van der Waals surface area contributed by atoms with Crippen LogP contribution < -0.4 is 10.2 Å². The molecule has 0 unspecified atom stereocenters. The lowest BCUT2D eigenvalue weighted by Gasteiger charge is -2.37. The lowest BCUT2D eigenvalue weighted by molar-refractivity contribution is 0.371. The molecule has 3 heterocycles. The van der Waals surface area contributed by atoms with E-state index in [1.54, 1.807) is 0 Å². The van der Waals surface area contributed by atoms with Gasteiger partial charge in [0.2, 0.25) is 0 Å². The fourth-order valence-corrected chi connectivity index (χ4v) is 3.62. The third kappa shape index (κ3) is 5.71. The first-order valence-corrected chi connectivity index (χ1v) is 9.98. The van der Waals surface area contributed by atoms with Gasteiger partial charge in [0.1, 0.15) is 5.82 Å². The Morgan fingerprint density at radius 3 is 2.53 bits per heavy atom. The standard InChI is InChI=1S/C22H27N7.HI/c1-23-22(28-14-12-27(13-15-28)21-8-2-3-9-24-21)25-17-19-6-4-7-20(16-19)18-29-11-5-10-26-29;/h2-11,16H,12-15,17-18H2,1H3,(H,23,25);1H. The van der Waals surface area contributed by atoms with Crippen molar-refractivity contribution in [3.63, 3.8) is 0 Å². The predicted octanol–water partition coefficient (Wildman–Crippen LogP) is 2.84. The van der Waals surface area contributed by atoms with Crippen molar-refractivity contribution in [3.05, 3.63) is 78.2 Å². The molecule has 0 atom stereocenters. The summed E-state index contributed by atoms with van der Waals surface area (Å²) >= 11 is 0. The van der Waals surface area contributed by atoms with E-state index in [2.05, 4.69) is 60.5 Å². The van der Waals surface area contributed by atoms with Gasteiger partial charge in [-0.15, -0.1) is 24.0 Å². The van der Waals surface area contributed by atoms with Gasteiger partial charge in [-0.05, 0) is 29.3 Å². The summed E-state index contributed by atoms with van der Waals surface area (Å²) < 4.78 is 1.94. The fourth-order valence-electron chi connectivity index (χ4n) is 3.62. The first-order chi connectivity index (χ1) is 14.3. The van der Waals surface area contributed by atoms with Gasteiger partial charge in [-0.3, -0.25) is 9.67 Å². The number of nitrogens with one attached hydrogen (secondary N) is 1. The van der Waals surface area contributed by atoms with E-state index >= 15 is 0 Å². The summed E-state index contributed by atoms with van der Waals surface area (Å²) in [5.74, 6) is 1.99. The highest BCUT2D eigenvalue weighted by atomic mass is 127. The molecule has 1 aromatic carbocycles. The minimum Gasteiger partial charge on any atom is -0.353 e. The molecule has 3 aromatic rings. The van der Waals surface area contributed by atoms with E-state index in [4.69, 9.17) is 0 Å². The van der Waals surface area contributed by atoms with Crippen LogP contribution >= 0.6 is 24.0 Å². The van der Waals surface area contributed by atoms with Crippen LogP contribution in [-0.4, -0.2) is 58.9 Å². The number of benzene rings is 1. The number of pyridine rings is 1. The van der Waals surface area contributed by atoms with E-state index in [0.29, 0.717) is 0 Å². The van der Waals surface area contributed by atoms with Crippen LogP contribution in [-0.2, 0) is 13.1 Å². The Morgan fingerprint density at radius 2 is 1.83 bits per heavy atom. The molecule has 1 aliphatic heterocycles. The molecule has 1 saturated heterocycles. The molecule has 7 nitrogen and oxygen atoms in total. The van der Waals surface area contributed by atoms with E-state index in [0.717, 1.165) is 51.0 Å². The maximum atomic E-state index is 4.49. The first kappa shape index (κ1) is 22.1. The SMILES string of the molecule is CN=C(NCc1cccc(Cn2cccn2)c1)N1CCN(c2ccccn2)CC1.I. The molecule has 8 heteroatoms. The average Bonchev–Trinajstić information content (AvgIpc) is 3.29. The molecule has 1 fully saturated rings. The molecule has 0 radical (unpaired) electrons. The van der Waals surface area contributed by atoms with Gasteiger partial charge < -0.3 is 15.1 Å². The number of aliphatic imine (C=N–C) groups is 1. The number of aromatic nitrogens is 3. The van der Waals surface area contributed by atoms with Gasteiger partial charge in [0, 0.05) is 58.4 Å². The van der Waals surface area contributed by atoms with Crippen molar-refractivity contribution >= 4 is 35.8 Å². The summed E-state index contributed by atoms with van der Waals surface area (Å²) in [7, 11) is 1.85. The molecule has 0 aliphatic carbocycles. The molecule has 1 N–H and O–H groups in total.